The van der Waals surface area contributed by atoms with Crippen LogP contribution in [0.5, 0.6) is 0 Å². The maximum Gasteiger partial charge on any atom is 0.320 e. The summed E-state index contributed by atoms with van der Waals surface area (Å²) in [7, 11) is 0. The summed E-state index contributed by atoms with van der Waals surface area (Å²) in [6.07, 6.45) is 0.778. The van der Waals surface area contributed by atoms with Gasteiger partial charge >= 0.3 is 5.97 Å². The average Bonchev–Trinajstić information content (AvgIpc) is 2.67. The maximum atomic E-state index is 10.3. The largest absolute Gasteiger partial charge is 0.762 e. The Morgan fingerprint density at radius 2 is 2.42 bits per heavy atom. The number of carbonyl (C=O) groups is 1. The Bertz CT molecular complexity index is 184. The SMILES string of the molecule is N[C@@H](C[C@@H]1C[C@H]1N([O-])O)C(=O)O. The lowest BCUT2D eigenvalue weighted by atomic mass is 10.1. The molecule has 0 spiro atoms. The number of carboxylic acid groups (broad SMARTS) is 1. The average molecular weight is 175 g/mol. The van der Waals surface area contributed by atoms with E-state index in [4.69, 9.17) is 16.0 Å². The highest BCUT2D eigenvalue weighted by Gasteiger charge is 2.39. The van der Waals surface area contributed by atoms with Crippen LogP contribution in [0.4, 0.5) is 0 Å². The Labute approximate surface area is 69.1 Å². The highest BCUT2D eigenvalue weighted by molar-refractivity contribution is 5.73. The van der Waals surface area contributed by atoms with E-state index in [-0.39, 0.29) is 17.6 Å². The first-order valence-corrected chi connectivity index (χ1v) is 3.66. The number of rotatable bonds is 4. The fourth-order valence-electron chi connectivity index (χ4n) is 1.18. The van der Waals surface area contributed by atoms with E-state index in [1.807, 2.05) is 0 Å². The lowest BCUT2D eigenvalue weighted by Gasteiger charge is -2.19. The third kappa shape index (κ3) is 2.15. The normalized spacial score (nSPS) is 30.3. The lowest BCUT2D eigenvalue weighted by molar-refractivity contribution is -0.138. The molecule has 0 aromatic heterocycles. The van der Waals surface area contributed by atoms with E-state index in [2.05, 4.69) is 0 Å². The molecule has 1 saturated carbocycles. The van der Waals surface area contributed by atoms with Gasteiger partial charge in [0.25, 0.3) is 0 Å². The second-order valence-corrected chi connectivity index (χ2v) is 3.05. The molecule has 12 heavy (non-hydrogen) atoms. The smallest absolute Gasteiger partial charge is 0.320 e. The van der Waals surface area contributed by atoms with Crippen molar-refractivity contribution in [1.29, 1.82) is 0 Å². The predicted molar refractivity (Wildman–Crippen MR) is 39.1 cm³/mol. The summed E-state index contributed by atoms with van der Waals surface area (Å²) in [6.45, 7) is 0. The number of nitrogens with zero attached hydrogens (tertiary/aromatic N) is 1. The van der Waals surface area contributed by atoms with Crippen LogP contribution in [0.15, 0.2) is 0 Å². The summed E-state index contributed by atoms with van der Waals surface area (Å²) in [4.78, 5) is 10.3. The molecule has 0 amide bonds. The monoisotopic (exact) mass is 175 g/mol. The van der Waals surface area contributed by atoms with E-state index in [0.29, 0.717) is 6.42 Å². The van der Waals surface area contributed by atoms with Gasteiger partial charge in [-0.3, -0.25) is 10.0 Å². The summed E-state index contributed by atoms with van der Waals surface area (Å²) < 4.78 is 0. The van der Waals surface area contributed by atoms with Gasteiger partial charge in [0.15, 0.2) is 0 Å². The van der Waals surface area contributed by atoms with Gasteiger partial charge in [-0.15, -0.1) is 0 Å². The molecule has 1 fully saturated rings. The molecule has 0 aromatic carbocycles. The molecule has 0 bridgehead atoms. The zero-order chi connectivity index (χ0) is 9.30. The van der Waals surface area contributed by atoms with E-state index in [9.17, 15) is 10.0 Å². The number of nitrogens with two attached hydrogens (primary N) is 1. The number of hydrogen-bond acceptors (Lipinski definition) is 5. The maximum absolute atomic E-state index is 10.3. The molecule has 0 radical (unpaired) electrons. The Kier molecular flexibility index (Phi) is 2.63. The zero-order valence-electron chi connectivity index (χ0n) is 6.38. The van der Waals surface area contributed by atoms with Crippen molar-refractivity contribution in [2.45, 2.75) is 24.9 Å². The third-order valence-corrected chi connectivity index (χ3v) is 2.04. The summed E-state index contributed by atoms with van der Waals surface area (Å²) in [5.74, 6) is -1.14. The topological polar surface area (TPSA) is 110 Å². The van der Waals surface area contributed by atoms with Crippen molar-refractivity contribution in [3.8, 4) is 0 Å². The van der Waals surface area contributed by atoms with Crippen LogP contribution in [0.25, 0.3) is 0 Å². The minimum absolute atomic E-state index is 0.0707. The Morgan fingerprint density at radius 1 is 1.83 bits per heavy atom. The van der Waals surface area contributed by atoms with E-state index in [1.165, 1.54) is 0 Å². The van der Waals surface area contributed by atoms with Crippen LogP contribution in [-0.2, 0) is 4.79 Å². The van der Waals surface area contributed by atoms with Gasteiger partial charge in [0.05, 0.1) is 0 Å². The Morgan fingerprint density at radius 3 is 2.75 bits per heavy atom. The molecule has 1 rings (SSSR count). The van der Waals surface area contributed by atoms with Crippen LogP contribution >= 0.6 is 0 Å². The second kappa shape index (κ2) is 3.36. The first kappa shape index (κ1) is 9.40. The molecule has 70 valence electrons. The van der Waals surface area contributed by atoms with Gasteiger partial charge < -0.3 is 21.3 Å². The number of hydrogen-bond donors (Lipinski definition) is 3. The summed E-state index contributed by atoms with van der Waals surface area (Å²) in [6, 6.07) is -1.38. The standard InChI is InChI=1S/C6H11N2O4/c7-4(6(9)10)1-3-2-5(3)8(11)12/h3-5,11H,1-2,7H2,(H,9,10)/q-1/t3-,4+,5-/m1/s1. The van der Waals surface area contributed by atoms with E-state index < -0.39 is 18.1 Å². The second-order valence-electron chi connectivity index (χ2n) is 3.05. The molecule has 0 unspecified atom stereocenters. The van der Waals surface area contributed by atoms with Gasteiger partial charge in [-0.2, -0.15) is 0 Å². The summed E-state index contributed by atoms with van der Waals surface area (Å²) in [5, 5.41) is 26.9. The summed E-state index contributed by atoms with van der Waals surface area (Å²) >= 11 is 0. The third-order valence-electron chi connectivity index (χ3n) is 2.04. The first-order valence-electron chi connectivity index (χ1n) is 3.66. The highest BCUT2D eigenvalue weighted by Crippen LogP contribution is 2.37. The fraction of sp³-hybridized carbons (Fsp3) is 0.833. The van der Waals surface area contributed by atoms with Crippen LogP contribution in [0, 0.1) is 11.1 Å². The lowest BCUT2D eigenvalue weighted by Crippen LogP contribution is -2.31. The molecule has 1 aliphatic rings. The molecule has 0 aliphatic heterocycles. The van der Waals surface area contributed by atoms with Crippen molar-refractivity contribution in [3.63, 3.8) is 0 Å². The minimum atomic E-state index is -1.07. The molecule has 4 N–H and O–H groups in total. The molecular weight excluding hydrogens is 164 g/mol. The van der Waals surface area contributed by atoms with Crippen LogP contribution in [0.3, 0.4) is 0 Å². The van der Waals surface area contributed by atoms with Crippen LogP contribution in [-0.4, -0.2) is 33.6 Å². The minimum Gasteiger partial charge on any atom is -0.762 e. The van der Waals surface area contributed by atoms with E-state index >= 15 is 0 Å². The van der Waals surface area contributed by atoms with Gasteiger partial charge in [0.1, 0.15) is 6.04 Å². The quantitative estimate of drug-likeness (QED) is 0.490. The first-order chi connectivity index (χ1) is 5.52. The van der Waals surface area contributed by atoms with Crippen LogP contribution < -0.4 is 5.73 Å². The van der Waals surface area contributed by atoms with Crippen molar-refractivity contribution >= 4 is 5.97 Å². The van der Waals surface area contributed by atoms with E-state index in [0.717, 1.165) is 0 Å². The predicted octanol–water partition coefficient (Wildman–Crippen LogP) is -0.634. The van der Waals surface area contributed by atoms with Crippen molar-refractivity contribution < 1.29 is 15.1 Å². The van der Waals surface area contributed by atoms with Gasteiger partial charge in [-0.25, -0.2) is 0 Å². The highest BCUT2D eigenvalue weighted by atomic mass is 16.8. The van der Waals surface area contributed by atoms with Gasteiger partial charge in [-0.1, -0.05) is 0 Å². The number of carboxylic acids is 1. The van der Waals surface area contributed by atoms with Crippen molar-refractivity contribution in [3.05, 3.63) is 5.21 Å². The van der Waals surface area contributed by atoms with E-state index in [1.54, 1.807) is 0 Å². The van der Waals surface area contributed by atoms with Gasteiger partial charge in [-0.05, 0) is 18.8 Å². The van der Waals surface area contributed by atoms with Crippen LogP contribution in [0.1, 0.15) is 12.8 Å². The number of hydroxylamine groups is 2. The van der Waals surface area contributed by atoms with Crippen molar-refractivity contribution in [1.82, 2.24) is 5.23 Å². The zero-order valence-corrected chi connectivity index (χ0v) is 6.38. The Hall–Kier alpha value is -0.690. The fourth-order valence-corrected chi connectivity index (χ4v) is 1.18. The Balaban J connectivity index is 2.23. The molecule has 0 aromatic rings. The molecule has 6 nitrogen and oxygen atoms in total. The molecule has 6 heteroatoms. The molecule has 3 atom stereocenters. The molecule has 1 aliphatic carbocycles. The van der Waals surface area contributed by atoms with Crippen molar-refractivity contribution in [2.75, 3.05) is 0 Å². The number of aliphatic carboxylic acids is 1. The summed E-state index contributed by atoms with van der Waals surface area (Å²) in [5.41, 5.74) is 5.22. The van der Waals surface area contributed by atoms with Crippen molar-refractivity contribution in [2.24, 2.45) is 11.7 Å². The molecule has 0 saturated heterocycles. The van der Waals surface area contributed by atoms with Gasteiger partial charge in [0.2, 0.25) is 0 Å². The molecular formula is C6H11N2O4-. The molecule has 0 heterocycles. The van der Waals surface area contributed by atoms with Crippen LogP contribution in [0.2, 0.25) is 0 Å². The van der Waals surface area contributed by atoms with Gasteiger partial charge in [0, 0.05) is 6.04 Å².